The van der Waals surface area contributed by atoms with Crippen molar-refractivity contribution in [2.75, 3.05) is 0 Å². The van der Waals surface area contributed by atoms with E-state index in [0.29, 0.717) is 48.8 Å². The summed E-state index contributed by atoms with van der Waals surface area (Å²) in [7, 11) is 0. The molecule has 6 aromatic carbocycles. The standard InChI is InChI=1S/C14H12ClN3O.C14H14ClNO.C8H9ClO.C8H9N3O/c15-13-5-7-14(8-6-13)19-10-12-3-1-11(2-4-12)9-17-18-16;15-13-5-7-14(8-6-13)17-10-12-3-1-11(9-16)2-4-12;9-5-7-1-3-8(6-10)4-2-7;9-11-10-5-7-1-3-8(6-12)4-2-7/h1-8H,9-10H2;1-8H,9-10,16H2;1-4,10H,5-6H2;1-4,12H,5-6H2. The van der Waals surface area contributed by atoms with Crippen molar-refractivity contribution in [3.8, 4) is 11.5 Å². The maximum atomic E-state index is 8.72. The van der Waals surface area contributed by atoms with Gasteiger partial charge >= 0.3 is 0 Å². The van der Waals surface area contributed by atoms with Crippen LogP contribution < -0.4 is 15.2 Å². The topological polar surface area (TPSA) is 182 Å². The summed E-state index contributed by atoms with van der Waals surface area (Å²) in [6.45, 7) is 2.48. The zero-order chi connectivity index (χ0) is 41.8. The van der Waals surface area contributed by atoms with Gasteiger partial charge in [-0.15, -0.1) is 11.6 Å². The molecule has 300 valence electrons. The number of ether oxygens (including phenoxy) is 2. The minimum absolute atomic E-state index is 0.0435. The molecule has 0 radical (unpaired) electrons. The number of nitrogens with two attached hydrogens (primary N) is 1. The van der Waals surface area contributed by atoms with Crippen molar-refractivity contribution in [3.05, 3.63) is 221 Å². The Balaban J connectivity index is 0.000000213. The molecule has 0 amide bonds. The number of aliphatic hydroxyl groups excluding tert-OH is 2. The largest absolute Gasteiger partial charge is 0.489 e. The quantitative estimate of drug-likeness (QED) is 0.0426. The lowest BCUT2D eigenvalue weighted by Gasteiger charge is -2.06. The molecule has 0 heterocycles. The average molecular weight is 841 g/mol. The van der Waals surface area contributed by atoms with E-state index in [1.807, 2.05) is 133 Å². The number of rotatable bonds is 14. The molecule has 58 heavy (non-hydrogen) atoms. The number of aliphatic hydroxyl groups is 2. The summed E-state index contributed by atoms with van der Waals surface area (Å²) in [5, 5.41) is 25.7. The van der Waals surface area contributed by atoms with Gasteiger partial charge in [-0.05, 0) is 104 Å². The highest BCUT2D eigenvalue weighted by molar-refractivity contribution is 6.30. The third-order valence-corrected chi connectivity index (χ3v) is 8.73. The van der Waals surface area contributed by atoms with Crippen molar-refractivity contribution in [2.24, 2.45) is 16.0 Å². The lowest BCUT2D eigenvalue weighted by atomic mass is 10.1. The van der Waals surface area contributed by atoms with Crippen molar-refractivity contribution in [1.82, 2.24) is 0 Å². The van der Waals surface area contributed by atoms with Gasteiger partial charge in [-0.2, -0.15) is 0 Å². The maximum absolute atomic E-state index is 8.72. The van der Waals surface area contributed by atoms with E-state index in [1.165, 1.54) is 0 Å². The summed E-state index contributed by atoms with van der Waals surface area (Å²) in [6.07, 6.45) is 0. The van der Waals surface area contributed by atoms with Gasteiger partial charge in [-0.25, -0.2) is 0 Å². The highest BCUT2D eigenvalue weighted by Crippen LogP contribution is 2.18. The summed E-state index contributed by atoms with van der Waals surface area (Å²) in [5.74, 6) is 2.13. The maximum Gasteiger partial charge on any atom is 0.119 e. The Labute approximate surface area is 353 Å². The van der Waals surface area contributed by atoms with Gasteiger partial charge < -0.3 is 25.4 Å². The van der Waals surface area contributed by atoms with Gasteiger partial charge in [0.15, 0.2) is 0 Å². The van der Waals surface area contributed by atoms with Crippen LogP contribution in [-0.2, 0) is 51.9 Å². The molecule has 14 heteroatoms. The zero-order valence-corrected chi connectivity index (χ0v) is 33.9. The van der Waals surface area contributed by atoms with Gasteiger partial charge in [0.2, 0.25) is 0 Å². The van der Waals surface area contributed by atoms with Crippen LogP contribution in [0.3, 0.4) is 0 Å². The van der Waals surface area contributed by atoms with Gasteiger partial charge in [0, 0.05) is 32.3 Å². The molecule has 0 aliphatic rings. The van der Waals surface area contributed by atoms with Crippen LogP contribution in [0.4, 0.5) is 0 Å². The Morgan fingerprint density at radius 3 is 1.09 bits per heavy atom. The van der Waals surface area contributed by atoms with E-state index in [9.17, 15) is 0 Å². The van der Waals surface area contributed by atoms with Crippen molar-refractivity contribution in [1.29, 1.82) is 0 Å². The number of halogens is 3. The lowest BCUT2D eigenvalue weighted by molar-refractivity contribution is 0.281. The third-order valence-electron chi connectivity index (χ3n) is 7.92. The SMILES string of the molecule is NCc1ccc(COc2ccc(Cl)cc2)cc1.OCc1ccc(CCl)cc1.[N-]=[N+]=NCc1ccc(CO)cc1.[N-]=[N+]=NCc1ccc(COc2ccc(Cl)cc2)cc1. The summed E-state index contributed by atoms with van der Waals surface area (Å²) >= 11 is 17.2. The Kier molecular flexibility index (Phi) is 22.4. The molecule has 0 aromatic heterocycles. The first-order valence-electron chi connectivity index (χ1n) is 17.9. The molecular weight excluding hydrogens is 797 g/mol. The molecule has 4 N–H and O–H groups in total. The smallest absolute Gasteiger partial charge is 0.119 e. The second kappa shape index (κ2) is 27.8. The third kappa shape index (κ3) is 19.0. The zero-order valence-electron chi connectivity index (χ0n) is 31.6. The first-order chi connectivity index (χ1) is 28.3. The second-order valence-corrected chi connectivity index (χ2v) is 13.3. The first-order valence-corrected chi connectivity index (χ1v) is 19.2. The molecule has 6 aromatic rings. The predicted octanol–water partition coefficient (Wildman–Crippen LogP) is 12.0. The van der Waals surface area contributed by atoms with E-state index >= 15 is 0 Å². The van der Waals surface area contributed by atoms with Crippen LogP contribution >= 0.6 is 34.8 Å². The van der Waals surface area contributed by atoms with Crippen molar-refractivity contribution < 1.29 is 19.7 Å². The molecule has 6 rings (SSSR count). The van der Waals surface area contributed by atoms with E-state index in [1.54, 1.807) is 12.1 Å². The van der Waals surface area contributed by atoms with Crippen LogP contribution in [0.25, 0.3) is 20.9 Å². The first kappa shape index (κ1) is 46.7. The normalized spacial score (nSPS) is 9.76. The van der Waals surface area contributed by atoms with Crippen LogP contribution in [0.1, 0.15) is 44.5 Å². The number of benzene rings is 6. The van der Waals surface area contributed by atoms with Crippen molar-refractivity contribution in [2.45, 2.75) is 51.9 Å². The molecule has 11 nitrogen and oxygen atoms in total. The minimum atomic E-state index is 0.0435. The number of hydrogen-bond donors (Lipinski definition) is 3. The molecule has 0 atom stereocenters. The Hall–Kier alpha value is -5.71. The fourth-order valence-corrected chi connectivity index (χ4v) is 5.05. The summed E-state index contributed by atoms with van der Waals surface area (Å²) in [5.41, 5.74) is 29.9. The van der Waals surface area contributed by atoms with Gasteiger partial charge in [-0.3, -0.25) is 0 Å². The van der Waals surface area contributed by atoms with Crippen LogP contribution in [-0.4, -0.2) is 10.2 Å². The molecule has 0 saturated heterocycles. The molecular formula is C44H44Cl3N7O4. The fourth-order valence-electron chi connectivity index (χ4n) is 4.62. The highest BCUT2D eigenvalue weighted by Gasteiger charge is 1.99. The monoisotopic (exact) mass is 839 g/mol. The van der Waals surface area contributed by atoms with Gasteiger partial charge in [-0.1, -0.05) is 130 Å². The van der Waals surface area contributed by atoms with E-state index in [4.69, 9.17) is 71.3 Å². The predicted molar refractivity (Wildman–Crippen MR) is 232 cm³/mol. The van der Waals surface area contributed by atoms with Crippen LogP contribution in [0.5, 0.6) is 11.5 Å². The Bertz CT molecular complexity index is 2110. The second-order valence-electron chi connectivity index (χ2n) is 12.2. The van der Waals surface area contributed by atoms with Gasteiger partial charge in [0.05, 0.1) is 26.3 Å². The van der Waals surface area contributed by atoms with Crippen molar-refractivity contribution in [3.63, 3.8) is 0 Å². The van der Waals surface area contributed by atoms with Gasteiger partial charge in [0.1, 0.15) is 24.7 Å². The summed E-state index contributed by atoms with van der Waals surface area (Å²) < 4.78 is 11.3. The average Bonchev–Trinajstić information content (AvgIpc) is 3.28. The van der Waals surface area contributed by atoms with Gasteiger partial charge in [0.25, 0.3) is 0 Å². The molecule has 0 unspecified atom stereocenters. The minimum Gasteiger partial charge on any atom is -0.489 e. The number of alkyl halides is 1. The summed E-state index contributed by atoms with van der Waals surface area (Å²) in [4.78, 5) is 5.38. The molecule has 0 saturated carbocycles. The van der Waals surface area contributed by atoms with Crippen molar-refractivity contribution >= 4 is 34.8 Å². The van der Waals surface area contributed by atoms with Crippen LogP contribution in [0.15, 0.2) is 156 Å². The van der Waals surface area contributed by atoms with E-state index in [2.05, 4.69) is 20.1 Å². The molecule has 0 spiro atoms. The molecule has 0 aliphatic heterocycles. The number of hydrogen-bond acceptors (Lipinski definition) is 7. The fraction of sp³-hybridized carbons (Fsp3) is 0.182. The number of azide groups is 2. The lowest BCUT2D eigenvalue weighted by Crippen LogP contribution is -1.98. The molecule has 0 fully saturated rings. The van der Waals surface area contributed by atoms with E-state index in [0.717, 1.165) is 56.0 Å². The number of nitrogens with zero attached hydrogens (tertiary/aromatic N) is 6. The molecule has 0 bridgehead atoms. The summed E-state index contributed by atoms with van der Waals surface area (Å²) in [6, 6.07) is 45.3. The Morgan fingerprint density at radius 2 is 0.776 bits per heavy atom. The van der Waals surface area contributed by atoms with Crippen LogP contribution in [0, 0.1) is 0 Å². The van der Waals surface area contributed by atoms with E-state index in [-0.39, 0.29) is 13.2 Å². The molecule has 0 aliphatic carbocycles. The van der Waals surface area contributed by atoms with E-state index < -0.39 is 0 Å². The highest BCUT2D eigenvalue weighted by atomic mass is 35.5. The Morgan fingerprint density at radius 1 is 0.466 bits per heavy atom. The van der Waals surface area contributed by atoms with Crippen LogP contribution in [0.2, 0.25) is 10.0 Å².